The van der Waals surface area contributed by atoms with E-state index in [9.17, 15) is 14.7 Å². The molecule has 0 saturated carbocycles. The fourth-order valence-corrected chi connectivity index (χ4v) is 4.23. The number of fused-ring (bicyclic) bond motifs is 1. The molecule has 162 valence electrons. The van der Waals surface area contributed by atoms with Crippen molar-refractivity contribution in [2.75, 3.05) is 5.32 Å². The molecule has 32 heavy (non-hydrogen) atoms. The van der Waals surface area contributed by atoms with Crippen LogP contribution in [0.15, 0.2) is 54.7 Å². The van der Waals surface area contributed by atoms with Crippen LogP contribution in [0.2, 0.25) is 15.2 Å². The van der Waals surface area contributed by atoms with Crippen molar-refractivity contribution in [2.24, 2.45) is 0 Å². The minimum absolute atomic E-state index is 0.00840. The number of aromatic hydroxyl groups is 1. The Hall–Kier alpha value is -3.06. The van der Waals surface area contributed by atoms with E-state index in [1.165, 1.54) is 18.3 Å². The smallest absolute Gasteiger partial charge is 0.296 e. The standard InChI is InChI=1S/C23H16Cl3N3O3/c1-12-8-15(6-7-27-12)28-23(32)21(31)20-17-10-16(30)4-5-19(17)29(22(20)26)11-13-2-3-14(24)9-18(13)25/h2-10,30H,11H2,1H3,(H,27,28,32). The number of aromatic nitrogens is 2. The van der Waals surface area contributed by atoms with Crippen LogP contribution in [-0.2, 0) is 11.3 Å². The van der Waals surface area contributed by atoms with Gasteiger partial charge in [-0.15, -0.1) is 0 Å². The zero-order valence-corrected chi connectivity index (χ0v) is 19.0. The van der Waals surface area contributed by atoms with Gasteiger partial charge < -0.3 is 15.0 Å². The Morgan fingerprint density at radius 2 is 1.84 bits per heavy atom. The van der Waals surface area contributed by atoms with Crippen molar-refractivity contribution >= 4 is 63.1 Å². The maximum Gasteiger partial charge on any atom is 0.296 e. The van der Waals surface area contributed by atoms with Gasteiger partial charge in [-0.1, -0.05) is 40.9 Å². The largest absolute Gasteiger partial charge is 0.508 e. The van der Waals surface area contributed by atoms with Gasteiger partial charge >= 0.3 is 0 Å². The molecule has 2 heterocycles. The second kappa shape index (κ2) is 8.82. The molecular weight excluding hydrogens is 473 g/mol. The van der Waals surface area contributed by atoms with E-state index in [1.807, 2.05) is 0 Å². The van der Waals surface area contributed by atoms with E-state index in [-0.39, 0.29) is 23.0 Å². The Balaban J connectivity index is 1.77. The van der Waals surface area contributed by atoms with E-state index in [2.05, 4.69) is 10.3 Å². The van der Waals surface area contributed by atoms with Gasteiger partial charge in [0.05, 0.1) is 17.6 Å². The monoisotopic (exact) mass is 487 g/mol. The Morgan fingerprint density at radius 1 is 1.06 bits per heavy atom. The topological polar surface area (TPSA) is 84.2 Å². The molecule has 0 aliphatic rings. The first-order valence-electron chi connectivity index (χ1n) is 9.47. The molecule has 0 aliphatic carbocycles. The number of amides is 1. The lowest BCUT2D eigenvalue weighted by atomic mass is 10.1. The van der Waals surface area contributed by atoms with Crippen molar-refractivity contribution in [3.63, 3.8) is 0 Å². The highest BCUT2D eigenvalue weighted by atomic mass is 35.5. The van der Waals surface area contributed by atoms with Gasteiger partial charge in [0.15, 0.2) is 0 Å². The molecule has 6 nitrogen and oxygen atoms in total. The molecule has 0 fully saturated rings. The molecule has 0 atom stereocenters. The van der Waals surface area contributed by atoms with Crippen molar-refractivity contribution in [2.45, 2.75) is 13.5 Å². The van der Waals surface area contributed by atoms with Gasteiger partial charge in [-0.2, -0.15) is 0 Å². The molecule has 1 amide bonds. The summed E-state index contributed by atoms with van der Waals surface area (Å²) in [5.74, 6) is -1.75. The van der Waals surface area contributed by atoms with Crippen LogP contribution in [0.5, 0.6) is 5.75 Å². The number of pyridine rings is 1. The van der Waals surface area contributed by atoms with Gasteiger partial charge in [0, 0.05) is 33.0 Å². The SMILES string of the molecule is Cc1cc(NC(=O)C(=O)c2c(Cl)n(Cc3ccc(Cl)cc3Cl)c3ccc(O)cc23)ccn1. The van der Waals surface area contributed by atoms with E-state index < -0.39 is 11.7 Å². The van der Waals surface area contributed by atoms with Crippen LogP contribution in [0.1, 0.15) is 21.6 Å². The summed E-state index contributed by atoms with van der Waals surface area (Å²) in [5.41, 5.74) is 2.40. The number of aryl methyl sites for hydroxylation is 1. The number of phenols is 1. The number of hydrogen-bond acceptors (Lipinski definition) is 4. The summed E-state index contributed by atoms with van der Waals surface area (Å²) in [6.07, 6.45) is 1.53. The number of anilines is 1. The van der Waals surface area contributed by atoms with Crippen molar-refractivity contribution in [1.29, 1.82) is 0 Å². The highest BCUT2D eigenvalue weighted by Gasteiger charge is 2.27. The number of carbonyl (C=O) groups is 2. The van der Waals surface area contributed by atoms with Gasteiger partial charge in [0.25, 0.3) is 11.7 Å². The summed E-state index contributed by atoms with van der Waals surface area (Å²) in [6, 6.07) is 12.8. The van der Waals surface area contributed by atoms with Crippen LogP contribution in [0.3, 0.4) is 0 Å². The predicted octanol–water partition coefficient (Wildman–Crippen LogP) is 5.88. The third-order valence-electron chi connectivity index (χ3n) is 4.91. The molecule has 9 heteroatoms. The summed E-state index contributed by atoms with van der Waals surface area (Å²) in [7, 11) is 0. The summed E-state index contributed by atoms with van der Waals surface area (Å²) >= 11 is 18.9. The van der Waals surface area contributed by atoms with Gasteiger partial charge in [0.1, 0.15) is 10.9 Å². The van der Waals surface area contributed by atoms with E-state index in [4.69, 9.17) is 34.8 Å². The number of halogens is 3. The lowest BCUT2D eigenvalue weighted by molar-refractivity contribution is -0.112. The highest BCUT2D eigenvalue weighted by molar-refractivity contribution is 6.52. The Kier molecular flexibility index (Phi) is 6.11. The van der Waals surface area contributed by atoms with Gasteiger partial charge in [-0.05, 0) is 55.0 Å². The van der Waals surface area contributed by atoms with Crippen LogP contribution in [-0.4, -0.2) is 26.3 Å². The molecule has 0 saturated heterocycles. The molecular formula is C23H16Cl3N3O3. The quantitative estimate of drug-likeness (QED) is 0.271. The Labute approximate surface area is 198 Å². The zero-order valence-electron chi connectivity index (χ0n) is 16.7. The third-order valence-corrected chi connectivity index (χ3v) is 5.89. The second-order valence-corrected chi connectivity index (χ2v) is 8.36. The normalized spacial score (nSPS) is 11.0. The molecule has 0 radical (unpaired) electrons. The van der Waals surface area contributed by atoms with E-state index in [1.54, 1.807) is 47.9 Å². The number of carbonyl (C=O) groups excluding carboxylic acids is 2. The summed E-state index contributed by atoms with van der Waals surface area (Å²) in [5, 5.41) is 13.9. The van der Waals surface area contributed by atoms with Crippen LogP contribution in [0, 0.1) is 6.92 Å². The maximum atomic E-state index is 13.1. The van der Waals surface area contributed by atoms with Crippen LogP contribution in [0.4, 0.5) is 5.69 Å². The minimum atomic E-state index is -0.857. The lowest BCUT2D eigenvalue weighted by Gasteiger charge is -2.10. The summed E-state index contributed by atoms with van der Waals surface area (Å²) < 4.78 is 1.66. The molecule has 0 unspecified atom stereocenters. The first kappa shape index (κ1) is 22.1. The first-order valence-corrected chi connectivity index (χ1v) is 10.6. The number of benzene rings is 2. The number of Topliss-reactive ketones (excluding diaryl/α,β-unsaturated/α-hetero) is 1. The summed E-state index contributed by atoms with van der Waals surface area (Å²) in [4.78, 5) is 29.9. The number of rotatable bonds is 5. The van der Waals surface area contributed by atoms with Crippen LogP contribution in [0.25, 0.3) is 10.9 Å². The minimum Gasteiger partial charge on any atom is -0.508 e. The van der Waals surface area contributed by atoms with Gasteiger partial charge in [-0.3, -0.25) is 14.6 Å². The molecule has 2 aromatic heterocycles. The fraction of sp³-hybridized carbons (Fsp3) is 0.0870. The molecule has 2 aromatic carbocycles. The molecule has 0 aliphatic heterocycles. The van der Waals surface area contributed by atoms with Crippen molar-refractivity contribution < 1.29 is 14.7 Å². The zero-order chi connectivity index (χ0) is 23.0. The average molecular weight is 489 g/mol. The second-order valence-electron chi connectivity index (χ2n) is 7.16. The van der Waals surface area contributed by atoms with Crippen molar-refractivity contribution in [1.82, 2.24) is 9.55 Å². The number of phenolic OH excluding ortho intramolecular Hbond substituents is 1. The van der Waals surface area contributed by atoms with E-state index >= 15 is 0 Å². The summed E-state index contributed by atoms with van der Waals surface area (Å²) in [6.45, 7) is 2.00. The lowest BCUT2D eigenvalue weighted by Crippen LogP contribution is -2.23. The third kappa shape index (κ3) is 4.30. The van der Waals surface area contributed by atoms with Gasteiger partial charge in [0.2, 0.25) is 0 Å². The first-order chi connectivity index (χ1) is 15.2. The average Bonchev–Trinajstić information content (AvgIpc) is 3.00. The van der Waals surface area contributed by atoms with Gasteiger partial charge in [-0.25, -0.2) is 0 Å². The molecule has 4 aromatic rings. The fourth-order valence-electron chi connectivity index (χ4n) is 3.43. The number of ketones is 1. The molecule has 2 N–H and O–H groups in total. The molecule has 0 bridgehead atoms. The van der Waals surface area contributed by atoms with Crippen molar-refractivity contribution in [3.8, 4) is 5.75 Å². The highest BCUT2D eigenvalue weighted by Crippen LogP contribution is 2.34. The Morgan fingerprint density at radius 3 is 2.56 bits per heavy atom. The molecule has 4 rings (SSSR count). The van der Waals surface area contributed by atoms with Crippen LogP contribution < -0.4 is 5.32 Å². The molecule has 0 spiro atoms. The number of nitrogens with one attached hydrogen (secondary N) is 1. The van der Waals surface area contributed by atoms with Crippen molar-refractivity contribution in [3.05, 3.63) is 86.7 Å². The number of nitrogens with zero attached hydrogens (tertiary/aromatic N) is 2. The predicted molar refractivity (Wildman–Crippen MR) is 126 cm³/mol. The number of hydrogen-bond donors (Lipinski definition) is 2. The maximum absolute atomic E-state index is 13.1. The van der Waals surface area contributed by atoms with E-state index in [0.29, 0.717) is 32.3 Å². The van der Waals surface area contributed by atoms with E-state index in [0.717, 1.165) is 5.56 Å². The van der Waals surface area contributed by atoms with Crippen LogP contribution >= 0.6 is 34.8 Å². The Bertz CT molecular complexity index is 1380.